The van der Waals surface area contributed by atoms with Crippen molar-refractivity contribution in [3.63, 3.8) is 0 Å². The van der Waals surface area contributed by atoms with Crippen LogP contribution in [0.3, 0.4) is 0 Å². The molecule has 1 fully saturated rings. The fraction of sp³-hybridized carbons (Fsp3) is 0.462. The Bertz CT molecular complexity index is 506. The number of nitrogens with zero attached hydrogens (tertiary/aromatic N) is 2. The molecule has 0 spiro atoms. The van der Waals surface area contributed by atoms with E-state index in [0.717, 1.165) is 11.3 Å². The molecule has 2 rings (SSSR count). The van der Waals surface area contributed by atoms with E-state index in [2.05, 4.69) is 10.3 Å². The predicted octanol–water partition coefficient (Wildman–Crippen LogP) is 0.385. The smallest absolute Gasteiger partial charge is 0.334 e. The minimum Gasteiger partial charge on any atom is -0.479 e. The molecule has 1 aromatic heterocycles. The Kier molecular flexibility index (Phi) is 4.52. The number of ether oxygens (including phenoxy) is 1. The van der Waals surface area contributed by atoms with Crippen molar-refractivity contribution >= 4 is 12.0 Å². The third-order valence-corrected chi connectivity index (χ3v) is 3.15. The molecule has 1 unspecified atom stereocenters. The van der Waals surface area contributed by atoms with Crippen LogP contribution in [0.25, 0.3) is 0 Å². The van der Waals surface area contributed by atoms with Gasteiger partial charge in [0.05, 0.1) is 25.4 Å². The second kappa shape index (κ2) is 6.33. The summed E-state index contributed by atoms with van der Waals surface area (Å²) in [7, 11) is 0. The number of carboxylic acid groups (broad SMARTS) is 1. The molecule has 0 saturated carbocycles. The van der Waals surface area contributed by atoms with Gasteiger partial charge >= 0.3 is 12.0 Å². The van der Waals surface area contributed by atoms with E-state index < -0.39 is 12.1 Å². The lowest BCUT2D eigenvalue weighted by Gasteiger charge is -2.30. The van der Waals surface area contributed by atoms with Crippen molar-refractivity contribution in [1.82, 2.24) is 15.2 Å². The van der Waals surface area contributed by atoms with Gasteiger partial charge in [0.15, 0.2) is 6.10 Å². The van der Waals surface area contributed by atoms with Crippen LogP contribution in [0.2, 0.25) is 0 Å². The Balaban J connectivity index is 1.89. The third kappa shape index (κ3) is 3.45. The quantitative estimate of drug-likeness (QED) is 0.835. The number of amides is 2. The number of pyridine rings is 1. The number of carboxylic acids is 1. The number of nitrogens with one attached hydrogen (secondary N) is 1. The van der Waals surface area contributed by atoms with Crippen LogP contribution >= 0.6 is 0 Å². The Morgan fingerprint density at radius 2 is 2.40 bits per heavy atom. The van der Waals surface area contributed by atoms with E-state index in [1.54, 1.807) is 6.20 Å². The van der Waals surface area contributed by atoms with Gasteiger partial charge in [0.2, 0.25) is 0 Å². The van der Waals surface area contributed by atoms with Gasteiger partial charge in [-0.3, -0.25) is 4.98 Å². The van der Waals surface area contributed by atoms with Gasteiger partial charge in [0.1, 0.15) is 0 Å². The lowest BCUT2D eigenvalue weighted by atomic mass is 10.2. The molecule has 0 radical (unpaired) electrons. The monoisotopic (exact) mass is 279 g/mol. The van der Waals surface area contributed by atoms with Crippen molar-refractivity contribution in [1.29, 1.82) is 0 Å². The third-order valence-electron chi connectivity index (χ3n) is 3.15. The fourth-order valence-corrected chi connectivity index (χ4v) is 1.96. The second-order valence-corrected chi connectivity index (χ2v) is 4.57. The van der Waals surface area contributed by atoms with Gasteiger partial charge in [0.25, 0.3) is 0 Å². The average molecular weight is 279 g/mol. The Morgan fingerprint density at radius 1 is 1.60 bits per heavy atom. The molecular weight excluding hydrogens is 262 g/mol. The summed E-state index contributed by atoms with van der Waals surface area (Å²) in [5.41, 5.74) is 1.79. The zero-order valence-electron chi connectivity index (χ0n) is 11.2. The molecule has 20 heavy (non-hydrogen) atoms. The van der Waals surface area contributed by atoms with Gasteiger partial charge in [0, 0.05) is 12.7 Å². The zero-order valence-corrected chi connectivity index (χ0v) is 11.2. The van der Waals surface area contributed by atoms with Gasteiger partial charge in [-0.15, -0.1) is 0 Å². The fourth-order valence-electron chi connectivity index (χ4n) is 1.96. The van der Waals surface area contributed by atoms with Gasteiger partial charge in [-0.05, 0) is 18.6 Å². The number of aryl methyl sites for hydroxylation is 1. The topological polar surface area (TPSA) is 91.8 Å². The minimum absolute atomic E-state index is 0.0579. The lowest BCUT2D eigenvalue weighted by molar-refractivity contribution is -0.154. The molecule has 2 N–H and O–H groups in total. The average Bonchev–Trinajstić information content (AvgIpc) is 2.46. The Morgan fingerprint density at radius 3 is 3.10 bits per heavy atom. The number of carbonyl (C=O) groups is 2. The van der Waals surface area contributed by atoms with Crippen LogP contribution in [-0.4, -0.2) is 52.8 Å². The molecule has 2 heterocycles. The summed E-state index contributed by atoms with van der Waals surface area (Å²) in [5.74, 6) is -1.05. The van der Waals surface area contributed by atoms with E-state index >= 15 is 0 Å². The van der Waals surface area contributed by atoms with Crippen molar-refractivity contribution in [2.45, 2.75) is 19.6 Å². The summed E-state index contributed by atoms with van der Waals surface area (Å²) >= 11 is 0. The maximum Gasteiger partial charge on any atom is 0.334 e. The van der Waals surface area contributed by atoms with Crippen molar-refractivity contribution in [3.8, 4) is 0 Å². The molecular formula is C13H17N3O4. The van der Waals surface area contributed by atoms with E-state index in [1.807, 2.05) is 19.1 Å². The van der Waals surface area contributed by atoms with Gasteiger partial charge in [-0.1, -0.05) is 6.07 Å². The van der Waals surface area contributed by atoms with Gasteiger partial charge in [-0.25, -0.2) is 9.59 Å². The molecule has 1 saturated heterocycles. The number of rotatable bonds is 3. The minimum atomic E-state index is -1.05. The SMILES string of the molecule is Cc1cccnc1CNC(=O)N1CCOC(C(=O)O)C1. The van der Waals surface area contributed by atoms with Crippen LogP contribution in [-0.2, 0) is 16.1 Å². The van der Waals surface area contributed by atoms with Crippen molar-refractivity contribution in [3.05, 3.63) is 29.6 Å². The van der Waals surface area contributed by atoms with Crippen molar-refractivity contribution in [2.24, 2.45) is 0 Å². The highest BCUT2D eigenvalue weighted by Crippen LogP contribution is 2.07. The maximum absolute atomic E-state index is 12.0. The largest absolute Gasteiger partial charge is 0.479 e. The first kappa shape index (κ1) is 14.3. The summed E-state index contributed by atoms with van der Waals surface area (Å²) in [6.07, 6.45) is 0.718. The first-order valence-corrected chi connectivity index (χ1v) is 6.35. The molecule has 108 valence electrons. The van der Waals surface area contributed by atoms with E-state index in [0.29, 0.717) is 13.1 Å². The van der Waals surface area contributed by atoms with E-state index in [4.69, 9.17) is 9.84 Å². The molecule has 1 aliphatic heterocycles. The summed E-state index contributed by atoms with van der Waals surface area (Å²) < 4.78 is 5.07. The number of hydrogen-bond acceptors (Lipinski definition) is 4. The molecule has 2 amide bonds. The van der Waals surface area contributed by atoms with Crippen molar-refractivity contribution in [2.75, 3.05) is 19.7 Å². The number of aromatic nitrogens is 1. The van der Waals surface area contributed by atoms with Crippen LogP contribution < -0.4 is 5.32 Å². The van der Waals surface area contributed by atoms with E-state index in [9.17, 15) is 9.59 Å². The number of hydrogen-bond donors (Lipinski definition) is 2. The van der Waals surface area contributed by atoms with Crippen LogP contribution in [0.15, 0.2) is 18.3 Å². The number of carbonyl (C=O) groups excluding carboxylic acids is 1. The van der Waals surface area contributed by atoms with Crippen LogP contribution in [0.1, 0.15) is 11.3 Å². The number of morpholine rings is 1. The zero-order chi connectivity index (χ0) is 14.5. The normalized spacial score (nSPS) is 18.6. The lowest BCUT2D eigenvalue weighted by Crippen LogP contribution is -2.51. The molecule has 1 aliphatic rings. The van der Waals surface area contributed by atoms with Gasteiger partial charge < -0.3 is 20.1 Å². The number of urea groups is 1. The Hall–Kier alpha value is -2.15. The summed E-state index contributed by atoms with van der Waals surface area (Å²) in [6.45, 7) is 2.91. The number of aliphatic carboxylic acids is 1. The predicted molar refractivity (Wildman–Crippen MR) is 70.2 cm³/mol. The van der Waals surface area contributed by atoms with Gasteiger partial charge in [-0.2, -0.15) is 0 Å². The first-order valence-electron chi connectivity index (χ1n) is 6.35. The Labute approximate surface area is 116 Å². The molecule has 1 aromatic rings. The highest BCUT2D eigenvalue weighted by atomic mass is 16.5. The molecule has 7 nitrogen and oxygen atoms in total. The molecule has 0 bridgehead atoms. The first-order chi connectivity index (χ1) is 9.58. The van der Waals surface area contributed by atoms with Crippen LogP contribution in [0, 0.1) is 6.92 Å². The van der Waals surface area contributed by atoms with E-state index in [-0.39, 0.29) is 19.2 Å². The summed E-state index contributed by atoms with van der Waals surface area (Å²) in [6, 6.07) is 3.45. The molecule has 7 heteroatoms. The van der Waals surface area contributed by atoms with Crippen LogP contribution in [0.5, 0.6) is 0 Å². The summed E-state index contributed by atoms with van der Waals surface area (Å²) in [5, 5.41) is 11.6. The maximum atomic E-state index is 12.0. The van der Waals surface area contributed by atoms with Crippen LogP contribution in [0.4, 0.5) is 4.79 Å². The molecule has 0 aliphatic carbocycles. The standard InChI is InChI=1S/C13H17N3O4/c1-9-3-2-4-14-10(9)7-15-13(19)16-5-6-20-11(8-16)12(17)18/h2-4,11H,5-8H2,1H3,(H,15,19)(H,17,18). The van der Waals surface area contributed by atoms with E-state index in [1.165, 1.54) is 4.90 Å². The highest BCUT2D eigenvalue weighted by molar-refractivity contribution is 5.77. The highest BCUT2D eigenvalue weighted by Gasteiger charge is 2.28. The molecule has 1 atom stereocenters. The molecule has 0 aromatic carbocycles. The van der Waals surface area contributed by atoms with Crippen molar-refractivity contribution < 1.29 is 19.4 Å². The second-order valence-electron chi connectivity index (χ2n) is 4.57. The summed E-state index contributed by atoms with van der Waals surface area (Å²) in [4.78, 5) is 28.5.